The summed E-state index contributed by atoms with van der Waals surface area (Å²) >= 11 is 0. The van der Waals surface area contributed by atoms with Crippen LogP contribution < -0.4 is 21.5 Å². The first kappa shape index (κ1) is 20.5. The molecule has 33 heavy (non-hydrogen) atoms. The van der Waals surface area contributed by atoms with Crippen molar-refractivity contribution in [2.24, 2.45) is 5.73 Å². The Balaban J connectivity index is 1.27. The van der Waals surface area contributed by atoms with Crippen molar-refractivity contribution in [2.75, 3.05) is 6.54 Å². The summed E-state index contributed by atoms with van der Waals surface area (Å²) in [7, 11) is 0. The smallest absolute Gasteiger partial charge is 0.420 e. The van der Waals surface area contributed by atoms with E-state index in [2.05, 4.69) is 10.3 Å². The highest BCUT2D eigenvalue weighted by Crippen LogP contribution is 2.38. The fourth-order valence-corrected chi connectivity index (χ4v) is 3.99. The zero-order chi connectivity index (χ0) is 22.9. The molecule has 166 valence electrons. The van der Waals surface area contributed by atoms with Crippen LogP contribution in [0.4, 0.5) is 0 Å². The summed E-state index contributed by atoms with van der Waals surface area (Å²) in [6.07, 6.45) is 3.41. The number of hydrogen-bond acceptors (Lipinski definition) is 6. The van der Waals surface area contributed by atoms with Crippen LogP contribution in [0.15, 0.2) is 70.1 Å². The number of amides is 2. The largest absolute Gasteiger partial charge is 0.487 e. The number of nitrogens with zero attached hydrogens (tertiary/aromatic N) is 2. The highest BCUT2D eigenvalue weighted by molar-refractivity contribution is 5.94. The molecule has 1 aliphatic rings. The van der Waals surface area contributed by atoms with Gasteiger partial charge in [-0.25, -0.2) is 4.79 Å². The van der Waals surface area contributed by atoms with E-state index in [1.54, 1.807) is 36.5 Å². The Morgan fingerprint density at radius 3 is 2.85 bits per heavy atom. The van der Waals surface area contributed by atoms with Gasteiger partial charge < -0.3 is 20.2 Å². The van der Waals surface area contributed by atoms with Gasteiger partial charge in [-0.15, -0.1) is 0 Å². The second-order valence-corrected chi connectivity index (χ2v) is 7.79. The molecule has 1 unspecified atom stereocenters. The first-order chi connectivity index (χ1) is 16.0. The van der Waals surface area contributed by atoms with Gasteiger partial charge in [-0.2, -0.15) is 0 Å². The second-order valence-electron chi connectivity index (χ2n) is 7.79. The Morgan fingerprint density at radius 1 is 1.15 bits per heavy atom. The van der Waals surface area contributed by atoms with Crippen LogP contribution in [-0.2, 0) is 17.8 Å². The summed E-state index contributed by atoms with van der Waals surface area (Å²) in [6, 6.07) is 14.4. The zero-order valence-corrected chi connectivity index (χ0v) is 17.5. The van der Waals surface area contributed by atoms with Crippen molar-refractivity contribution in [3.05, 3.63) is 82.6 Å². The predicted molar refractivity (Wildman–Crippen MR) is 120 cm³/mol. The van der Waals surface area contributed by atoms with E-state index in [9.17, 15) is 14.4 Å². The van der Waals surface area contributed by atoms with E-state index in [0.717, 1.165) is 16.7 Å². The molecule has 5 rings (SSSR count). The maximum atomic E-state index is 12.5. The first-order valence-corrected chi connectivity index (χ1v) is 10.4. The average Bonchev–Trinajstić information content (AvgIpc) is 3.38. The molecule has 3 heterocycles. The fourth-order valence-electron chi connectivity index (χ4n) is 3.99. The van der Waals surface area contributed by atoms with E-state index >= 15 is 0 Å². The molecule has 0 spiro atoms. The third kappa shape index (κ3) is 3.96. The number of hydrogen-bond donors (Lipinski definition) is 2. The minimum Gasteiger partial charge on any atom is -0.487 e. The highest BCUT2D eigenvalue weighted by atomic mass is 16.5. The summed E-state index contributed by atoms with van der Waals surface area (Å²) < 4.78 is 12.6. The van der Waals surface area contributed by atoms with Crippen LogP contribution in [0.1, 0.15) is 15.9 Å². The zero-order valence-electron chi connectivity index (χ0n) is 17.5. The Hall–Kier alpha value is -4.40. The normalized spacial score (nSPS) is 14.6. The Morgan fingerprint density at radius 2 is 2.00 bits per heavy atom. The quantitative estimate of drug-likeness (QED) is 0.467. The number of carbonyl (C=O) groups is 2. The molecular weight excluding hydrogens is 424 g/mol. The lowest BCUT2D eigenvalue weighted by Gasteiger charge is -2.14. The fraction of sp³-hybridized carbons (Fsp3) is 0.167. The standard InChI is InChI=1S/C24H20N4O5/c25-23(30)16-8-15(10-26-11-16)18-5-3-4-14-9-17(32-22(14)18)12-27-21(29)13-28-19-6-1-2-7-20(19)33-24(28)31/h1-8,10-11,17H,9,12-13H2,(H2,25,30)(H,27,29). The SMILES string of the molecule is NC(=O)c1cncc(-c2cccc3c2OC(CNC(=O)Cn2c(=O)oc4ccccc42)C3)c1. The molecule has 9 nitrogen and oxygen atoms in total. The number of ether oxygens (including phenoxy) is 1. The van der Waals surface area contributed by atoms with Crippen LogP contribution >= 0.6 is 0 Å². The van der Waals surface area contributed by atoms with Gasteiger partial charge in [0.2, 0.25) is 11.8 Å². The van der Waals surface area contributed by atoms with Gasteiger partial charge in [-0.1, -0.05) is 30.3 Å². The summed E-state index contributed by atoms with van der Waals surface area (Å²) in [5.74, 6) is -0.755. The van der Waals surface area contributed by atoms with E-state index in [0.29, 0.717) is 28.8 Å². The summed E-state index contributed by atoms with van der Waals surface area (Å²) in [5, 5.41) is 2.83. The van der Waals surface area contributed by atoms with Gasteiger partial charge in [0.25, 0.3) is 0 Å². The molecule has 4 aromatic rings. The molecule has 2 aromatic heterocycles. The molecule has 3 N–H and O–H groups in total. The molecule has 9 heteroatoms. The van der Waals surface area contributed by atoms with Crippen LogP contribution in [0.2, 0.25) is 0 Å². The van der Waals surface area contributed by atoms with Crippen molar-refractivity contribution in [3.8, 4) is 16.9 Å². The number of oxazole rings is 1. The molecule has 0 saturated carbocycles. The summed E-state index contributed by atoms with van der Waals surface area (Å²) in [6.45, 7) is 0.128. The van der Waals surface area contributed by atoms with Gasteiger partial charge in [0, 0.05) is 29.9 Å². The number of benzene rings is 2. The maximum absolute atomic E-state index is 12.5. The first-order valence-electron chi connectivity index (χ1n) is 10.4. The Bertz CT molecular complexity index is 1440. The highest BCUT2D eigenvalue weighted by Gasteiger charge is 2.26. The maximum Gasteiger partial charge on any atom is 0.420 e. The van der Waals surface area contributed by atoms with E-state index in [1.165, 1.54) is 10.8 Å². The van der Waals surface area contributed by atoms with E-state index in [1.807, 2.05) is 18.2 Å². The van der Waals surface area contributed by atoms with Crippen molar-refractivity contribution in [3.63, 3.8) is 0 Å². The van der Waals surface area contributed by atoms with Crippen molar-refractivity contribution in [2.45, 2.75) is 19.1 Å². The number of rotatable bonds is 6. The van der Waals surface area contributed by atoms with Gasteiger partial charge in [0.15, 0.2) is 5.58 Å². The molecule has 0 bridgehead atoms. The van der Waals surface area contributed by atoms with Gasteiger partial charge >= 0.3 is 5.76 Å². The van der Waals surface area contributed by atoms with Crippen molar-refractivity contribution in [1.29, 1.82) is 0 Å². The number of carbonyl (C=O) groups excluding carboxylic acids is 2. The minimum atomic E-state index is -0.577. The van der Waals surface area contributed by atoms with Gasteiger partial charge in [-0.05, 0) is 23.8 Å². The van der Waals surface area contributed by atoms with Crippen LogP contribution in [0, 0.1) is 0 Å². The lowest BCUT2D eigenvalue weighted by molar-refractivity contribution is -0.122. The molecule has 1 atom stereocenters. The van der Waals surface area contributed by atoms with E-state index in [-0.39, 0.29) is 25.1 Å². The number of fused-ring (bicyclic) bond motifs is 2. The monoisotopic (exact) mass is 444 g/mol. The van der Waals surface area contributed by atoms with Crippen LogP contribution in [0.25, 0.3) is 22.2 Å². The minimum absolute atomic E-state index is 0.146. The number of nitrogens with two attached hydrogens (primary N) is 1. The van der Waals surface area contributed by atoms with Gasteiger partial charge in [-0.3, -0.25) is 19.1 Å². The molecule has 2 amide bonds. The lowest BCUT2D eigenvalue weighted by atomic mass is 10.0. The number of primary amides is 1. The summed E-state index contributed by atoms with van der Waals surface area (Å²) in [4.78, 5) is 40.2. The molecule has 1 aliphatic heterocycles. The molecule has 0 saturated heterocycles. The second kappa shape index (κ2) is 8.27. The van der Waals surface area contributed by atoms with E-state index < -0.39 is 11.7 Å². The number of aromatic nitrogens is 2. The number of nitrogens with one attached hydrogen (secondary N) is 1. The molecule has 0 aliphatic carbocycles. The Kier molecular flexibility index (Phi) is 5.14. The third-order valence-electron chi connectivity index (χ3n) is 5.56. The molecule has 0 radical (unpaired) electrons. The average molecular weight is 444 g/mol. The number of pyridine rings is 1. The van der Waals surface area contributed by atoms with Crippen LogP contribution in [0.5, 0.6) is 5.75 Å². The van der Waals surface area contributed by atoms with E-state index in [4.69, 9.17) is 14.9 Å². The van der Waals surface area contributed by atoms with Gasteiger partial charge in [0.1, 0.15) is 18.4 Å². The lowest BCUT2D eigenvalue weighted by Crippen LogP contribution is -2.37. The van der Waals surface area contributed by atoms with Crippen molar-refractivity contribution < 1.29 is 18.7 Å². The van der Waals surface area contributed by atoms with Crippen molar-refractivity contribution >= 4 is 22.9 Å². The third-order valence-corrected chi connectivity index (χ3v) is 5.56. The topological polar surface area (TPSA) is 129 Å². The molecule has 0 fully saturated rings. The molecular formula is C24H20N4O5. The predicted octanol–water partition coefficient (Wildman–Crippen LogP) is 1.88. The molecule has 2 aromatic carbocycles. The summed E-state index contributed by atoms with van der Waals surface area (Å²) in [5.41, 5.74) is 9.21. The van der Waals surface area contributed by atoms with Crippen molar-refractivity contribution in [1.82, 2.24) is 14.9 Å². The van der Waals surface area contributed by atoms with Crippen LogP contribution in [-0.4, -0.2) is 34.0 Å². The number of para-hydroxylation sites is 3. The Labute approximate surface area is 187 Å². The van der Waals surface area contributed by atoms with Gasteiger partial charge in [0.05, 0.1) is 17.6 Å². The van der Waals surface area contributed by atoms with Crippen LogP contribution in [0.3, 0.4) is 0 Å².